The van der Waals surface area contributed by atoms with Crippen LogP contribution in [0.3, 0.4) is 0 Å². The van der Waals surface area contributed by atoms with Crippen molar-refractivity contribution in [3.05, 3.63) is 66.7 Å². The maximum Gasteiger partial charge on any atom is 0.238 e. The Hall–Kier alpha value is -2.24. The maximum atomic E-state index is 12.7. The molecule has 1 unspecified atom stereocenters. The van der Waals surface area contributed by atoms with Gasteiger partial charge in [-0.25, -0.2) is 0 Å². The van der Waals surface area contributed by atoms with Gasteiger partial charge in [0.2, 0.25) is 5.91 Å². The lowest BCUT2D eigenvalue weighted by Crippen LogP contribution is -2.33. The number of methoxy groups -OCH3 is 1. The van der Waals surface area contributed by atoms with Crippen LogP contribution in [-0.4, -0.2) is 36.8 Å². The smallest absolute Gasteiger partial charge is 0.238 e. The number of carbonyl (C=O) groups is 1. The number of para-hydroxylation sites is 1. The van der Waals surface area contributed by atoms with E-state index >= 15 is 0 Å². The predicted molar refractivity (Wildman–Crippen MR) is 113 cm³/mol. The average molecular weight is 383 g/mol. The molecule has 4 nitrogen and oxygen atoms in total. The molecule has 0 aliphatic carbocycles. The third kappa shape index (κ3) is 5.15. The van der Waals surface area contributed by atoms with Crippen LogP contribution in [0.25, 0.3) is 0 Å². The van der Waals surface area contributed by atoms with Gasteiger partial charge in [0, 0.05) is 16.7 Å². The predicted octanol–water partition coefficient (Wildman–Crippen LogP) is 4.75. The van der Waals surface area contributed by atoms with Crippen LogP contribution in [0.5, 0.6) is 5.75 Å². The van der Waals surface area contributed by atoms with Gasteiger partial charge in [0.05, 0.1) is 19.3 Å². The average Bonchev–Trinajstić information content (AvgIpc) is 3.15. The molecule has 0 saturated carbocycles. The van der Waals surface area contributed by atoms with E-state index in [1.807, 2.05) is 42.5 Å². The normalized spacial score (nSPS) is 16.9. The molecule has 27 heavy (non-hydrogen) atoms. The second kappa shape index (κ2) is 9.62. The zero-order valence-electron chi connectivity index (χ0n) is 15.7. The number of nitrogens with zero attached hydrogens (tertiary/aromatic N) is 1. The maximum absolute atomic E-state index is 12.7. The van der Waals surface area contributed by atoms with E-state index in [4.69, 9.17) is 4.74 Å². The molecule has 1 saturated heterocycles. The summed E-state index contributed by atoms with van der Waals surface area (Å²) in [5, 5.41) is 3.08. The summed E-state index contributed by atoms with van der Waals surface area (Å²) in [5.41, 5.74) is 2.11. The lowest BCUT2D eigenvalue weighted by atomic mass is 10.0. The lowest BCUT2D eigenvalue weighted by molar-refractivity contribution is -0.117. The molecule has 1 fully saturated rings. The standard InChI is InChI=1S/C22H26N2O2S/c1-3-15-27-21-9-5-4-7-19(21)23-22(25)16-24-14-6-8-20(24)17-10-12-18(26-2)13-11-17/h3-5,7,9-13,20H,1,6,8,14-16H2,2H3,(H,23,25). The molecule has 0 spiro atoms. The van der Waals surface area contributed by atoms with Crippen LogP contribution < -0.4 is 10.1 Å². The van der Waals surface area contributed by atoms with Crippen molar-refractivity contribution in [3.8, 4) is 5.75 Å². The minimum absolute atomic E-state index is 0.0297. The number of ether oxygens (including phenoxy) is 1. The molecular weight excluding hydrogens is 356 g/mol. The molecule has 3 rings (SSSR count). The van der Waals surface area contributed by atoms with Crippen molar-refractivity contribution in [3.63, 3.8) is 0 Å². The van der Waals surface area contributed by atoms with Crippen LogP contribution in [0.2, 0.25) is 0 Å². The summed E-state index contributed by atoms with van der Waals surface area (Å²) in [7, 11) is 1.67. The number of thioether (sulfide) groups is 1. The van der Waals surface area contributed by atoms with E-state index in [1.165, 1.54) is 5.56 Å². The van der Waals surface area contributed by atoms with Gasteiger partial charge < -0.3 is 10.1 Å². The molecule has 1 N–H and O–H groups in total. The van der Waals surface area contributed by atoms with Gasteiger partial charge in [-0.1, -0.05) is 30.3 Å². The summed E-state index contributed by atoms with van der Waals surface area (Å²) >= 11 is 1.67. The first-order chi connectivity index (χ1) is 13.2. The molecule has 0 radical (unpaired) electrons. The molecule has 2 aromatic rings. The molecule has 0 bridgehead atoms. The van der Waals surface area contributed by atoms with Gasteiger partial charge in [0.15, 0.2) is 0 Å². The highest BCUT2D eigenvalue weighted by Gasteiger charge is 2.27. The number of carbonyl (C=O) groups excluding carboxylic acids is 1. The Labute approximate surface area is 165 Å². The molecule has 142 valence electrons. The minimum atomic E-state index is 0.0297. The second-order valence-corrected chi connectivity index (χ2v) is 7.61. The highest BCUT2D eigenvalue weighted by Crippen LogP contribution is 2.33. The summed E-state index contributed by atoms with van der Waals surface area (Å²) in [6, 6.07) is 16.4. The van der Waals surface area contributed by atoms with E-state index in [1.54, 1.807) is 18.9 Å². The Kier molecular flexibility index (Phi) is 6.96. The Morgan fingerprint density at radius 1 is 1.30 bits per heavy atom. The van der Waals surface area contributed by atoms with Gasteiger partial charge in [-0.15, -0.1) is 18.3 Å². The van der Waals surface area contributed by atoms with Crippen molar-refractivity contribution in [2.75, 3.05) is 31.3 Å². The van der Waals surface area contributed by atoms with Gasteiger partial charge in [0.1, 0.15) is 5.75 Å². The molecule has 5 heteroatoms. The zero-order valence-corrected chi connectivity index (χ0v) is 16.5. The molecule has 1 aliphatic rings. The van der Waals surface area contributed by atoms with Crippen LogP contribution in [0.1, 0.15) is 24.4 Å². The summed E-state index contributed by atoms with van der Waals surface area (Å²) in [6.07, 6.45) is 4.05. The fraction of sp³-hybridized carbons (Fsp3) is 0.318. The molecule has 1 aliphatic heterocycles. The Bertz CT molecular complexity index is 776. The quantitative estimate of drug-likeness (QED) is 0.528. The Morgan fingerprint density at radius 3 is 2.81 bits per heavy atom. The second-order valence-electron chi connectivity index (χ2n) is 6.55. The van der Waals surface area contributed by atoms with E-state index in [-0.39, 0.29) is 11.9 Å². The topological polar surface area (TPSA) is 41.6 Å². The lowest BCUT2D eigenvalue weighted by Gasteiger charge is -2.24. The van der Waals surface area contributed by atoms with Gasteiger partial charge in [-0.2, -0.15) is 0 Å². The number of benzene rings is 2. The number of rotatable bonds is 8. The summed E-state index contributed by atoms with van der Waals surface area (Å²) in [4.78, 5) is 16.0. The minimum Gasteiger partial charge on any atom is -0.497 e. The van der Waals surface area contributed by atoms with Crippen LogP contribution in [0, 0.1) is 0 Å². The van der Waals surface area contributed by atoms with Crippen LogP contribution in [0.15, 0.2) is 66.1 Å². The van der Waals surface area contributed by atoms with E-state index in [2.05, 4.69) is 28.9 Å². The monoisotopic (exact) mass is 382 g/mol. The molecule has 1 heterocycles. The number of hydrogen-bond acceptors (Lipinski definition) is 4. The van der Waals surface area contributed by atoms with E-state index < -0.39 is 0 Å². The number of nitrogens with one attached hydrogen (secondary N) is 1. The SMILES string of the molecule is C=CCSc1ccccc1NC(=O)CN1CCCC1c1ccc(OC)cc1. The fourth-order valence-corrected chi connectivity index (χ4v) is 4.18. The number of likely N-dealkylation sites (tertiary alicyclic amines) is 1. The van der Waals surface area contributed by atoms with E-state index in [0.717, 1.165) is 41.5 Å². The van der Waals surface area contributed by atoms with Crippen LogP contribution in [-0.2, 0) is 4.79 Å². The summed E-state index contributed by atoms with van der Waals surface area (Å²) < 4.78 is 5.24. The molecule has 0 aromatic heterocycles. The number of hydrogen-bond donors (Lipinski definition) is 1. The van der Waals surface area contributed by atoms with Crippen molar-refractivity contribution in [1.29, 1.82) is 0 Å². The van der Waals surface area contributed by atoms with Gasteiger partial charge in [0.25, 0.3) is 0 Å². The molecule has 1 atom stereocenters. The van der Waals surface area contributed by atoms with Gasteiger partial charge in [-0.05, 0) is 49.2 Å². The first-order valence-electron chi connectivity index (χ1n) is 9.22. The Morgan fingerprint density at radius 2 is 2.07 bits per heavy atom. The third-order valence-electron chi connectivity index (χ3n) is 4.73. The zero-order chi connectivity index (χ0) is 19.1. The first-order valence-corrected chi connectivity index (χ1v) is 10.2. The Balaban J connectivity index is 1.64. The molecule has 1 amide bonds. The van der Waals surface area contributed by atoms with Crippen molar-refractivity contribution in [2.45, 2.75) is 23.8 Å². The summed E-state index contributed by atoms with van der Waals surface area (Å²) in [6.45, 7) is 5.10. The van der Waals surface area contributed by atoms with Crippen molar-refractivity contribution >= 4 is 23.4 Å². The van der Waals surface area contributed by atoms with E-state index in [9.17, 15) is 4.79 Å². The first kappa shape index (κ1) is 19.5. The fourth-order valence-electron chi connectivity index (χ4n) is 3.44. The van der Waals surface area contributed by atoms with Gasteiger partial charge in [-0.3, -0.25) is 9.69 Å². The van der Waals surface area contributed by atoms with Gasteiger partial charge >= 0.3 is 0 Å². The highest BCUT2D eigenvalue weighted by molar-refractivity contribution is 7.99. The van der Waals surface area contributed by atoms with Crippen molar-refractivity contribution in [2.24, 2.45) is 0 Å². The van der Waals surface area contributed by atoms with Crippen LogP contribution >= 0.6 is 11.8 Å². The molecule has 2 aromatic carbocycles. The largest absolute Gasteiger partial charge is 0.497 e. The summed E-state index contributed by atoms with van der Waals surface area (Å²) in [5.74, 6) is 1.70. The van der Waals surface area contributed by atoms with Crippen molar-refractivity contribution < 1.29 is 9.53 Å². The highest BCUT2D eigenvalue weighted by atomic mass is 32.2. The molecular formula is C22H26N2O2S. The van der Waals surface area contributed by atoms with E-state index in [0.29, 0.717) is 6.54 Å². The third-order valence-corrected chi connectivity index (χ3v) is 5.80. The number of amides is 1. The van der Waals surface area contributed by atoms with Crippen molar-refractivity contribution in [1.82, 2.24) is 4.90 Å². The van der Waals surface area contributed by atoms with Crippen LogP contribution in [0.4, 0.5) is 5.69 Å². The number of anilines is 1.